The summed E-state index contributed by atoms with van der Waals surface area (Å²) < 4.78 is 27.0. The van der Waals surface area contributed by atoms with Gasteiger partial charge in [-0.2, -0.15) is 4.31 Å². The molecule has 0 aliphatic carbocycles. The number of hydrogen-bond acceptors (Lipinski definition) is 4. The average Bonchev–Trinajstić information content (AvgIpc) is 2.82. The molecule has 172 valence electrons. The first kappa shape index (κ1) is 23.9. The minimum Gasteiger partial charge on any atom is -0.350 e. The average molecular weight is 458 g/mol. The first-order chi connectivity index (χ1) is 15.3. The van der Waals surface area contributed by atoms with Crippen molar-refractivity contribution >= 4 is 21.8 Å². The maximum absolute atomic E-state index is 12.9. The Morgan fingerprint density at radius 3 is 2.09 bits per heavy atom. The van der Waals surface area contributed by atoms with Crippen molar-refractivity contribution in [2.24, 2.45) is 11.8 Å². The van der Waals surface area contributed by atoms with Crippen LogP contribution in [0.25, 0.3) is 0 Å². The van der Waals surface area contributed by atoms with Crippen LogP contribution in [0.15, 0.2) is 65.6 Å². The molecule has 1 aliphatic heterocycles. The minimum absolute atomic E-state index is 0.0757. The molecule has 0 bridgehead atoms. The zero-order valence-corrected chi connectivity index (χ0v) is 19.3. The molecule has 2 N–H and O–H groups in total. The molecule has 2 aromatic carbocycles. The molecule has 1 fully saturated rings. The van der Waals surface area contributed by atoms with Gasteiger partial charge in [-0.1, -0.05) is 62.4 Å². The Kier molecular flexibility index (Phi) is 8.04. The Morgan fingerprint density at radius 2 is 1.53 bits per heavy atom. The Bertz CT molecular complexity index is 1000. The van der Waals surface area contributed by atoms with E-state index in [1.165, 1.54) is 4.31 Å². The fourth-order valence-corrected chi connectivity index (χ4v) is 5.29. The van der Waals surface area contributed by atoms with Gasteiger partial charge in [-0.3, -0.25) is 9.59 Å². The summed E-state index contributed by atoms with van der Waals surface area (Å²) in [7, 11) is -3.56. The van der Waals surface area contributed by atoms with Crippen molar-refractivity contribution < 1.29 is 18.0 Å². The van der Waals surface area contributed by atoms with Gasteiger partial charge in [0.25, 0.3) is 0 Å². The van der Waals surface area contributed by atoms with Crippen molar-refractivity contribution in [3.05, 3.63) is 66.2 Å². The smallest absolute Gasteiger partial charge is 0.243 e. The molecule has 1 aliphatic rings. The zero-order valence-electron chi connectivity index (χ0n) is 18.5. The Balaban J connectivity index is 1.54. The van der Waals surface area contributed by atoms with Crippen molar-refractivity contribution in [1.29, 1.82) is 0 Å². The van der Waals surface area contributed by atoms with Crippen molar-refractivity contribution in [3.8, 4) is 0 Å². The predicted molar refractivity (Wildman–Crippen MR) is 123 cm³/mol. The molecule has 0 unspecified atom stereocenters. The highest BCUT2D eigenvalue weighted by molar-refractivity contribution is 7.89. The van der Waals surface area contributed by atoms with Gasteiger partial charge in [0.1, 0.15) is 6.04 Å². The normalized spacial score (nSPS) is 16.5. The lowest BCUT2D eigenvalue weighted by Crippen LogP contribution is -2.52. The van der Waals surface area contributed by atoms with E-state index < -0.39 is 16.1 Å². The van der Waals surface area contributed by atoms with Gasteiger partial charge in [-0.15, -0.1) is 0 Å². The Labute approximate surface area is 190 Å². The van der Waals surface area contributed by atoms with E-state index in [1.54, 1.807) is 30.3 Å². The molecule has 1 heterocycles. The van der Waals surface area contributed by atoms with Crippen molar-refractivity contribution in [2.75, 3.05) is 13.1 Å². The minimum atomic E-state index is -3.56. The molecule has 1 saturated heterocycles. The molecule has 2 amide bonds. The maximum atomic E-state index is 12.9. The molecule has 0 aromatic heterocycles. The van der Waals surface area contributed by atoms with Crippen LogP contribution >= 0.6 is 0 Å². The summed E-state index contributed by atoms with van der Waals surface area (Å²) in [6.45, 7) is 4.74. The number of rotatable bonds is 8. The largest absolute Gasteiger partial charge is 0.350 e. The standard InChI is InChI=1S/C24H31N3O4S/c1-18(2)22(24(29)25-17-19-9-5-3-6-10-19)26-23(28)20-13-15-27(16-14-20)32(30,31)21-11-7-4-8-12-21/h3-12,18,20,22H,13-17H2,1-2H3,(H,25,29)(H,26,28)/t22-/m0/s1. The first-order valence-electron chi connectivity index (χ1n) is 11.0. The lowest BCUT2D eigenvalue weighted by Gasteiger charge is -2.32. The van der Waals surface area contributed by atoms with Crippen LogP contribution < -0.4 is 10.6 Å². The van der Waals surface area contributed by atoms with E-state index in [0.717, 1.165) is 5.56 Å². The Hall–Kier alpha value is -2.71. The molecule has 2 aromatic rings. The Morgan fingerprint density at radius 1 is 0.969 bits per heavy atom. The van der Waals surface area contributed by atoms with E-state index in [4.69, 9.17) is 0 Å². The maximum Gasteiger partial charge on any atom is 0.243 e. The van der Waals surface area contributed by atoms with Crippen LogP contribution in [0.1, 0.15) is 32.3 Å². The van der Waals surface area contributed by atoms with Crippen LogP contribution in [0, 0.1) is 11.8 Å². The SMILES string of the molecule is CC(C)[C@H](NC(=O)C1CCN(S(=O)(=O)c2ccccc2)CC1)C(=O)NCc1ccccc1. The van der Waals surface area contributed by atoms with Crippen LogP contribution in [-0.4, -0.2) is 43.7 Å². The quantitative estimate of drug-likeness (QED) is 0.637. The van der Waals surface area contributed by atoms with Gasteiger partial charge in [-0.25, -0.2) is 8.42 Å². The fraction of sp³-hybridized carbons (Fsp3) is 0.417. The number of sulfonamides is 1. The van der Waals surface area contributed by atoms with Gasteiger partial charge < -0.3 is 10.6 Å². The molecular weight excluding hydrogens is 426 g/mol. The second kappa shape index (κ2) is 10.7. The molecule has 3 rings (SSSR count). The monoisotopic (exact) mass is 457 g/mol. The number of amides is 2. The lowest BCUT2D eigenvalue weighted by molar-refractivity contribution is -0.132. The van der Waals surface area contributed by atoms with Gasteiger partial charge in [0.2, 0.25) is 21.8 Å². The summed E-state index contributed by atoms with van der Waals surface area (Å²) in [4.78, 5) is 25.8. The third-order valence-electron chi connectivity index (χ3n) is 5.76. The topological polar surface area (TPSA) is 95.6 Å². The highest BCUT2D eigenvalue weighted by Crippen LogP contribution is 2.24. The van der Waals surface area contributed by atoms with Crippen LogP contribution in [0.3, 0.4) is 0 Å². The molecule has 0 radical (unpaired) electrons. The molecular formula is C24H31N3O4S. The van der Waals surface area contributed by atoms with Crippen molar-refractivity contribution in [1.82, 2.24) is 14.9 Å². The van der Waals surface area contributed by atoms with Gasteiger partial charge in [0.05, 0.1) is 4.90 Å². The van der Waals surface area contributed by atoms with E-state index in [9.17, 15) is 18.0 Å². The predicted octanol–water partition coefficient (Wildman–Crippen LogP) is 2.54. The third-order valence-corrected chi connectivity index (χ3v) is 7.68. The van der Waals surface area contributed by atoms with E-state index in [-0.39, 0.29) is 41.6 Å². The summed E-state index contributed by atoms with van der Waals surface area (Å²) in [5, 5.41) is 5.78. The van der Waals surface area contributed by atoms with E-state index in [2.05, 4.69) is 10.6 Å². The van der Waals surface area contributed by atoms with Gasteiger partial charge in [0, 0.05) is 25.6 Å². The number of nitrogens with one attached hydrogen (secondary N) is 2. The number of hydrogen-bond donors (Lipinski definition) is 2. The third kappa shape index (κ3) is 5.95. The summed E-state index contributed by atoms with van der Waals surface area (Å²) in [5.74, 6) is -0.815. The summed E-state index contributed by atoms with van der Waals surface area (Å²) in [5.41, 5.74) is 0.988. The van der Waals surface area contributed by atoms with Gasteiger partial charge >= 0.3 is 0 Å². The molecule has 8 heteroatoms. The number of benzene rings is 2. The molecule has 1 atom stereocenters. The van der Waals surface area contributed by atoms with Crippen molar-refractivity contribution in [2.45, 2.75) is 44.2 Å². The van der Waals surface area contributed by atoms with E-state index in [1.807, 2.05) is 44.2 Å². The first-order valence-corrected chi connectivity index (χ1v) is 12.4. The molecule has 7 nitrogen and oxygen atoms in total. The van der Waals surface area contributed by atoms with E-state index in [0.29, 0.717) is 19.4 Å². The number of piperidine rings is 1. The number of carbonyl (C=O) groups is 2. The van der Waals surface area contributed by atoms with Crippen LogP contribution in [0.2, 0.25) is 0 Å². The second-order valence-electron chi connectivity index (χ2n) is 8.43. The fourth-order valence-electron chi connectivity index (χ4n) is 3.80. The molecule has 0 spiro atoms. The number of carbonyl (C=O) groups excluding carboxylic acids is 2. The van der Waals surface area contributed by atoms with Crippen LogP contribution in [-0.2, 0) is 26.2 Å². The zero-order chi connectivity index (χ0) is 23.1. The summed E-state index contributed by atoms with van der Waals surface area (Å²) in [6.07, 6.45) is 0.850. The summed E-state index contributed by atoms with van der Waals surface area (Å²) >= 11 is 0. The molecule has 0 saturated carbocycles. The van der Waals surface area contributed by atoms with Gasteiger partial charge in [-0.05, 0) is 36.5 Å². The second-order valence-corrected chi connectivity index (χ2v) is 10.4. The highest BCUT2D eigenvalue weighted by Gasteiger charge is 2.34. The van der Waals surface area contributed by atoms with Crippen molar-refractivity contribution in [3.63, 3.8) is 0 Å². The van der Waals surface area contributed by atoms with Gasteiger partial charge in [0.15, 0.2) is 0 Å². The lowest BCUT2D eigenvalue weighted by atomic mass is 9.95. The molecule has 32 heavy (non-hydrogen) atoms. The highest BCUT2D eigenvalue weighted by atomic mass is 32.2. The van der Waals surface area contributed by atoms with Crippen LogP contribution in [0.5, 0.6) is 0 Å². The number of nitrogens with zero attached hydrogens (tertiary/aromatic N) is 1. The van der Waals surface area contributed by atoms with E-state index >= 15 is 0 Å². The van der Waals surface area contributed by atoms with Crippen LogP contribution in [0.4, 0.5) is 0 Å². The summed E-state index contributed by atoms with van der Waals surface area (Å²) in [6, 6.07) is 17.3.